The predicted octanol–water partition coefficient (Wildman–Crippen LogP) is 5.79. The minimum atomic E-state index is -0.418. The molecule has 1 aromatic rings. The predicted molar refractivity (Wildman–Crippen MR) is 125 cm³/mol. The topological polar surface area (TPSA) is 49.4 Å². The third-order valence-electron chi connectivity index (χ3n) is 6.60. The average Bonchev–Trinajstić information content (AvgIpc) is 2.73. The summed E-state index contributed by atoms with van der Waals surface area (Å²) in [7, 11) is 0. The number of carbonyl (C=O) groups is 2. The number of nitrogens with one attached hydrogen (secondary N) is 1. The number of amides is 2. The number of rotatable bonds is 6. The van der Waals surface area contributed by atoms with Gasteiger partial charge < -0.3 is 10.2 Å². The molecule has 0 bridgehead atoms. The molecule has 1 aromatic carbocycles. The molecule has 1 N–H and O–H groups in total. The number of hydrogen-bond donors (Lipinski definition) is 1. The number of halogens is 1. The van der Waals surface area contributed by atoms with Crippen LogP contribution in [0, 0.1) is 11.8 Å². The maximum Gasteiger partial charge on any atom is 0.245 e. The normalized spacial score (nSPS) is 19.3. The second kappa shape index (κ2) is 11.7. The lowest BCUT2D eigenvalue weighted by molar-refractivity contribution is -0.138. The zero-order valence-electron chi connectivity index (χ0n) is 17.8. The first-order chi connectivity index (χ1) is 13.9. The van der Waals surface area contributed by atoms with Crippen LogP contribution < -0.4 is 5.32 Å². The molecule has 1 aliphatic heterocycles. The SMILES string of the molecule is C.CC(C)[C@@H](NC(=O)CC1CCCCC1)C(=O)N1CCC(c2ccc(Cl)cc2)CC1. The molecule has 1 heterocycles. The van der Waals surface area contributed by atoms with Crippen LogP contribution in [0.1, 0.15) is 84.1 Å². The Morgan fingerprint density at radius 3 is 2.20 bits per heavy atom. The summed E-state index contributed by atoms with van der Waals surface area (Å²) in [6.45, 7) is 5.52. The second-order valence-electron chi connectivity index (χ2n) is 9.15. The number of carbonyl (C=O) groups excluding carboxylic acids is 2. The summed E-state index contributed by atoms with van der Waals surface area (Å²) < 4.78 is 0. The molecule has 0 unspecified atom stereocenters. The molecular formula is C25H39ClN2O2. The zero-order valence-corrected chi connectivity index (χ0v) is 18.6. The summed E-state index contributed by atoms with van der Waals surface area (Å²) in [6.07, 6.45) is 8.51. The largest absolute Gasteiger partial charge is 0.344 e. The highest BCUT2D eigenvalue weighted by Crippen LogP contribution is 2.30. The van der Waals surface area contributed by atoms with Gasteiger partial charge in [-0.15, -0.1) is 0 Å². The van der Waals surface area contributed by atoms with Crippen molar-refractivity contribution in [2.24, 2.45) is 11.8 Å². The summed E-state index contributed by atoms with van der Waals surface area (Å²) in [5.41, 5.74) is 1.29. The Balaban J connectivity index is 0.00000320. The Labute approximate surface area is 187 Å². The molecule has 1 saturated heterocycles. The van der Waals surface area contributed by atoms with Crippen LogP contribution in [0.5, 0.6) is 0 Å². The minimum absolute atomic E-state index is 0. The van der Waals surface area contributed by atoms with Gasteiger partial charge in [-0.1, -0.05) is 64.3 Å². The Hall–Kier alpha value is -1.55. The quantitative estimate of drug-likeness (QED) is 0.615. The van der Waals surface area contributed by atoms with Crippen molar-refractivity contribution in [2.45, 2.75) is 84.6 Å². The van der Waals surface area contributed by atoms with Gasteiger partial charge in [-0.2, -0.15) is 0 Å². The van der Waals surface area contributed by atoms with Crippen LogP contribution >= 0.6 is 11.6 Å². The van der Waals surface area contributed by atoms with Crippen molar-refractivity contribution in [1.82, 2.24) is 10.2 Å². The molecule has 1 atom stereocenters. The van der Waals surface area contributed by atoms with Crippen LogP contribution in [0.15, 0.2) is 24.3 Å². The smallest absolute Gasteiger partial charge is 0.245 e. The van der Waals surface area contributed by atoms with Gasteiger partial charge in [-0.05, 0) is 61.1 Å². The fourth-order valence-corrected chi connectivity index (χ4v) is 4.89. The van der Waals surface area contributed by atoms with E-state index in [1.165, 1.54) is 24.8 Å². The molecular weight excluding hydrogens is 396 g/mol. The molecule has 1 aliphatic carbocycles. The van der Waals surface area contributed by atoms with Gasteiger partial charge in [0.15, 0.2) is 0 Å². The van der Waals surface area contributed by atoms with Gasteiger partial charge in [0.25, 0.3) is 0 Å². The van der Waals surface area contributed by atoms with Crippen molar-refractivity contribution in [3.05, 3.63) is 34.9 Å². The van der Waals surface area contributed by atoms with E-state index in [9.17, 15) is 9.59 Å². The third kappa shape index (κ3) is 6.73. The van der Waals surface area contributed by atoms with Gasteiger partial charge in [0.2, 0.25) is 11.8 Å². The third-order valence-corrected chi connectivity index (χ3v) is 6.85. The van der Waals surface area contributed by atoms with Crippen LogP contribution in [0.25, 0.3) is 0 Å². The fourth-order valence-electron chi connectivity index (χ4n) is 4.76. The Kier molecular flexibility index (Phi) is 9.67. The highest BCUT2D eigenvalue weighted by Gasteiger charge is 2.32. The van der Waals surface area contributed by atoms with E-state index in [4.69, 9.17) is 11.6 Å². The number of piperidine rings is 1. The van der Waals surface area contributed by atoms with Crippen molar-refractivity contribution in [3.63, 3.8) is 0 Å². The van der Waals surface area contributed by atoms with Crippen LogP contribution in [0.2, 0.25) is 5.02 Å². The van der Waals surface area contributed by atoms with E-state index in [1.54, 1.807) is 0 Å². The highest BCUT2D eigenvalue weighted by atomic mass is 35.5. The first-order valence-electron chi connectivity index (χ1n) is 11.3. The lowest BCUT2D eigenvalue weighted by atomic mass is 9.86. The summed E-state index contributed by atoms with van der Waals surface area (Å²) in [4.78, 5) is 27.7. The van der Waals surface area contributed by atoms with Gasteiger partial charge in [0.05, 0.1) is 0 Å². The number of hydrogen-bond acceptors (Lipinski definition) is 2. The van der Waals surface area contributed by atoms with E-state index >= 15 is 0 Å². The monoisotopic (exact) mass is 434 g/mol. The molecule has 4 nitrogen and oxygen atoms in total. The molecule has 0 spiro atoms. The van der Waals surface area contributed by atoms with Crippen molar-refractivity contribution in [1.29, 1.82) is 0 Å². The lowest BCUT2D eigenvalue weighted by Crippen LogP contribution is -2.53. The molecule has 5 heteroatoms. The van der Waals surface area contributed by atoms with Crippen LogP contribution in [-0.2, 0) is 9.59 Å². The number of likely N-dealkylation sites (tertiary alicyclic amines) is 1. The summed E-state index contributed by atoms with van der Waals surface area (Å²) in [5, 5.41) is 3.82. The van der Waals surface area contributed by atoms with E-state index < -0.39 is 6.04 Å². The van der Waals surface area contributed by atoms with Gasteiger partial charge in [0.1, 0.15) is 6.04 Å². The van der Waals surface area contributed by atoms with Crippen LogP contribution in [-0.4, -0.2) is 35.8 Å². The zero-order chi connectivity index (χ0) is 20.8. The van der Waals surface area contributed by atoms with E-state index in [2.05, 4.69) is 17.4 Å². The molecule has 168 valence electrons. The summed E-state index contributed by atoms with van der Waals surface area (Å²) in [5.74, 6) is 1.16. The average molecular weight is 435 g/mol. The molecule has 0 radical (unpaired) electrons. The van der Waals surface area contributed by atoms with Crippen molar-refractivity contribution < 1.29 is 9.59 Å². The van der Waals surface area contributed by atoms with Crippen molar-refractivity contribution in [3.8, 4) is 0 Å². The lowest BCUT2D eigenvalue weighted by Gasteiger charge is -2.35. The number of nitrogens with zero attached hydrogens (tertiary/aromatic N) is 1. The standard InChI is InChI=1S/C24H35ClN2O2.CH4/c1-17(2)23(26-22(28)16-18-6-4-3-5-7-18)24(29)27-14-12-20(13-15-27)19-8-10-21(25)11-9-19;/h8-11,17-18,20,23H,3-7,12-16H2,1-2H3,(H,26,28);1H4/t23-;/m1./s1. The molecule has 30 heavy (non-hydrogen) atoms. The molecule has 2 fully saturated rings. The minimum Gasteiger partial charge on any atom is -0.344 e. The van der Waals surface area contributed by atoms with Gasteiger partial charge in [-0.25, -0.2) is 0 Å². The van der Waals surface area contributed by atoms with Gasteiger partial charge >= 0.3 is 0 Å². The summed E-state index contributed by atoms with van der Waals surface area (Å²) in [6, 6.07) is 7.63. The maximum atomic E-state index is 13.1. The van der Waals surface area contributed by atoms with E-state index in [0.717, 1.165) is 43.8 Å². The second-order valence-corrected chi connectivity index (χ2v) is 9.58. The fraction of sp³-hybridized carbons (Fsp3) is 0.680. The Morgan fingerprint density at radius 1 is 1.03 bits per heavy atom. The van der Waals surface area contributed by atoms with E-state index in [0.29, 0.717) is 18.3 Å². The van der Waals surface area contributed by atoms with E-state index in [1.807, 2.05) is 30.9 Å². The number of benzene rings is 1. The Bertz CT molecular complexity index is 675. The van der Waals surface area contributed by atoms with Gasteiger partial charge in [-0.3, -0.25) is 9.59 Å². The molecule has 1 saturated carbocycles. The highest BCUT2D eigenvalue weighted by molar-refractivity contribution is 6.30. The Morgan fingerprint density at radius 2 is 1.63 bits per heavy atom. The molecule has 2 aliphatic rings. The molecule has 0 aromatic heterocycles. The molecule has 3 rings (SSSR count). The first-order valence-corrected chi connectivity index (χ1v) is 11.7. The maximum absolute atomic E-state index is 13.1. The van der Waals surface area contributed by atoms with Crippen LogP contribution in [0.3, 0.4) is 0 Å². The first kappa shape index (κ1) is 24.7. The van der Waals surface area contributed by atoms with Crippen molar-refractivity contribution >= 4 is 23.4 Å². The van der Waals surface area contributed by atoms with Crippen molar-refractivity contribution in [2.75, 3.05) is 13.1 Å². The van der Waals surface area contributed by atoms with Crippen LogP contribution in [0.4, 0.5) is 0 Å². The van der Waals surface area contributed by atoms with E-state index in [-0.39, 0.29) is 25.2 Å². The summed E-state index contributed by atoms with van der Waals surface area (Å²) >= 11 is 6.00. The molecule has 2 amide bonds. The van der Waals surface area contributed by atoms with Gasteiger partial charge in [0, 0.05) is 24.5 Å².